The molecule has 98 valence electrons. The molecule has 0 radical (unpaired) electrons. The molecule has 2 aromatic rings. The summed E-state index contributed by atoms with van der Waals surface area (Å²) in [5, 5.41) is 26.0. The first-order valence-electron chi connectivity index (χ1n) is 5.95. The molecule has 0 bridgehead atoms. The molecule has 6 nitrogen and oxygen atoms in total. The molecule has 0 aromatic carbocycles. The molecule has 0 aliphatic carbocycles. The van der Waals surface area contributed by atoms with Gasteiger partial charge in [-0.1, -0.05) is 13.0 Å². The zero-order valence-corrected chi connectivity index (χ0v) is 10.6. The molecule has 2 heterocycles. The van der Waals surface area contributed by atoms with Gasteiger partial charge in [0.2, 0.25) is 5.95 Å². The molecule has 0 aliphatic rings. The Bertz CT molecular complexity index is 526. The summed E-state index contributed by atoms with van der Waals surface area (Å²) < 4.78 is 1.67. The number of fused-ring (bicyclic) bond motifs is 1. The van der Waals surface area contributed by atoms with Crippen molar-refractivity contribution in [2.75, 3.05) is 18.5 Å². The van der Waals surface area contributed by atoms with Crippen LogP contribution in [0.3, 0.4) is 0 Å². The molecule has 18 heavy (non-hydrogen) atoms. The molecular weight excluding hydrogens is 232 g/mol. The van der Waals surface area contributed by atoms with Gasteiger partial charge in [0.05, 0.1) is 18.8 Å². The van der Waals surface area contributed by atoms with Crippen LogP contribution >= 0.6 is 0 Å². The van der Waals surface area contributed by atoms with E-state index in [1.165, 1.54) is 0 Å². The summed E-state index contributed by atoms with van der Waals surface area (Å²) in [6, 6.07) is 3.83. The van der Waals surface area contributed by atoms with Crippen LogP contribution in [0, 0.1) is 6.92 Å². The Kier molecular flexibility index (Phi) is 3.49. The van der Waals surface area contributed by atoms with Gasteiger partial charge in [0.25, 0.3) is 0 Å². The molecule has 0 atom stereocenters. The van der Waals surface area contributed by atoms with Crippen molar-refractivity contribution in [2.24, 2.45) is 0 Å². The van der Waals surface area contributed by atoms with Gasteiger partial charge in [-0.15, -0.1) is 5.10 Å². The van der Waals surface area contributed by atoms with E-state index in [1.807, 2.05) is 32.2 Å². The van der Waals surface area contributed by atoms with Gasteiger partial charge < -0.3 is 15.5 Å². The van der Waals surface area contributed by atoms with Crippen LogP contribution in [0.2, 0.25) is 0 Å². The number of nitrogens with one attached hydrogen (secondary N) is 1. The fourth-order valence-corrected chi connectivity index (χ4v) is 1.72. The van der Waals surface area contributed by atoms with E-state index in [4.69, 9.17) is 0 Å². The van der Waals surface area contributed by atoms with Gasteiger partial charge in [-0.3, -0.25) is 0 Å². The molecule has 0 aliphatic heterocycles. The second-order valence-corrected chi connectivity index (χ2v) is 4.52. The van der Waals surface area contributed by atoms with Crippen molar-refractivity contribution in [3.63, 3.8) is 0 Å². The molecule has 0 unspecified atom stereocenters. The summed E-state index contributed by atoms with van der Waals surface area (Å²) in [5.41, 5.74) is 1.04. The molecule has 0 amide bonds. The summed E-state index contributed by atoms with van der Waals surface area (Å²) in [6.45, 7) is 3.52. The summed E-state index contributed by atoms with van der Waals surface area (Å²) in [5.74, 6) is 0.408. The highest BCUT2D eigenvalue weighted by molar-refractivity contribution is 5.45. The van der Waals surface area contributed by atoms with Crippen LogP contribution in [-0.4, -0.2) is 43.6 Å². The number of aliphatic hydroxyl groups is 2. The summed E-state index contributed by atoms with van der Waals surface area (Å²) >= 11 is 0. The van der Waals surface area contributed by atoms with Gasteiger partial charge in [-0.25, -0.2) is 4.52 Å². The summed E-state index contributed by atoms with van der Waals surface area (Å²) in [6.07, 6.45) is 2.45. The van der Waals surface area contributed by atoms with Crippen molar-refractivity contribution < 1.29 is 10.2 Å². The Labute approximate surface area is 105 Å². The number of pyridine rings is 1. The van der Waals surface area contributed by atoms with E-state index in [0.717, 1.165) is 11.2 Å². The fourth-order valence-electron chi connectivity index (χ4n) is 1.72. The summed E-state index contributed by atoms with van der Waals surface area (Å²) in [4.78, 5) is 4.30. The van der Waals surface area contributed by atoms with E-state index in [1.54, 1.807) is 4.52 Å². The highest BCUT2D eigenvalue weighted by Gasteiger charge is 2.27. The number of hydrogen-bond donors (Lipinski definition) is 3. The highest BCUT2D eigenvalue weighted by Crippen LogP contribution is 2.16. The van der Waals surface area contributed by atoms with Crippen LogP contribution < -0.4 is 5.32 Å². The first kappa shape index (κ1) is 12.8. The van der Waals surface area contributed by atoms with E-state index >= 15 is 0 Å². The van der Waals surface area contributed by atoms with Gasteiger partial charge in [0.15, 0.2) is 5.65 Å². The molecular formula is C12H18N4O2. The minimum atomic E-state index is -0.778. The van der Waals surface area contributed by atoms with Crippen molar-refractivity contribution in [3.05, 3.63) is 23.9 Å². The molecule has 2 aromatic heterocycles. The molecule has 0 saturated heterocycles. The van der Waals surface area contributed by atoms with Crippen molar-refractivity contribution >= 4 is 11.6 Å². The number of hydrogen-bond acceptors (Lipinski definition) is 5. The number of anilines is 1. The molecule has 0 fully saturated rings. The lowest BCUT2D eigenvalue weighted by molar-refractivity contribution is 0.132. The topological polar surface area (TPSA) is 82.7 Å². The van der Waals surface area contributed by atoms with Gasteiger partial charge in [0.1, 0.15) is 0 Å². The normalized spacial score (nSPS) is 12.0. The predicted molar refractivity (Wildman–Crippen MR) is 68.5 cm³/mol. The van der Waals surface area contributed by atoms with Crippen LogP contribution in [0.4, 0.5) is 5.95 Å². The predicted octanol–water partition coefficient (Wildman–Crippen LogP) is 0.583. The van der Waals surface area contributed by atoms with Crippen molar-refractivity contribution in [1.82, 2.24) is 14.6 Å². The Morgan fingerprint density at radius 2 is 2.06 bits per heavy atom. The maximum Gasteiger partial charge on any atom is 0.243 e. The third-order valence-electron chi connectivity index (χ3n) is 3.14. The van der Waals surface area contributed by atoms with Crippen LogP contribution in [0.5, 0.6) is 0 Å². The van der Waals surface area contributed by atoms with E-state index in [0.29, 0.717) is 12.4 Å². The monoisotopic (exact) mass is 250 g/mol. The standard InChI is InChI=1S/C12H18N4O2/c1-3-12(7-17,8-18)14-11-13-10-5-4-9(2)6-16(10)15-11/h4-6,17-18H,3,7-8H2,1-2H3,(H,14,15). The molecule has 2 rings (SSSR count). The lowest BCUT2D eigenvalue weighted by Gasteiger charge is -2.28. The quantitative estimate of drug-likeness (QED) is 0.723. The highest BCUT2D eigenvalue weighted by atomic mass is 16.3. The third-order valence-corrected chi connectivity index (χ3v) is 3.14. The maximum absolute atomic E-state index is 9.37. The van der Waals surface area contributed by atoms with Gasteiger partial charge in [0, 0.05) is 6.20 Å². The molecule has 0 saturated carbocycles. The zero-order valence-electron chi connectivity index (χ0n) is 10.6. The average molecular weight is 250 g/mol. The molecule has 6 heteroatoms. The van der Waals surface area contributed by atoms with Gasteiger partial charge >= 0.3 is 0 Å². The lowest BCUT2D eigenvalue weighted by Crippen LogP contribution is -2.45. The summed E-state index contributed by atoms with van der Waals surface area (Å²) in [7, 11) is 0. The second kappa shape index (κ2) is 4.91. The van der Waals surface area contributed by atoms with Crippen molar-refractivity contribution in [1.29, 1.82) is 0 Å². The van der Waals surface area contributed by atoms with Gasteiger partial charge in [-0.2, -0.15) is 4.98 Å². The van der Waals surface area contributed by atoms with E-state index in [9.17, 15) is 10.2 Å². The third kappa shape index (κ3) is 2.30. The van der Waals surface area contributed by atoms with Gasteiger partial charge in [-0.05, 0) is 25.0 Å². The largest absolute Gasteiger partial charge is 0.394 e. The molecule has 3 N–H and O–H groups in total. The first-order valence-corrected chi connectivity index (χ1v) is 5.95. The Morgan fingerprint density at radius 3 is 2.67 bits per heavy atom. The number of nitrogens with zero attached hydrogens (tertiary/aromatic N) is 3. The van der Waals surface area contributed by atoms with E-state index < -0.39 is 5.54 Å². The number of rotatable bonds is 5. The number of aryl methyl sites for hydroxylation is 1. The maximum atomic E-state index is 9.37. The van der Waals surface area contributed by atoms with Crippen molar-refractivity contribution in [3.8, 4) is 0 Å². The number of aliphatic hydroxyl groups excluding tert-OH is 2. The minimum absolute atomic E-state index is 0.172. The molecule has 0 spiro atoms. The average Bonchev–Trinajstić information content (AvgIpc) is 2.77. The van der Waals surface area contributed by atoms with Crippen LogP contribution in [0.15, 0.2) is 18.3 Å². The van der Waals surface area contributed by atoms with E-state index in [2.05, 4.69) is 15.4 Å². The Morgan fingerprint density at radius 1 is 1.33 bits per heavy atom. The number of aromatic nitrogens is 3. The fraction of sp³-hybridized carbons (Fsp3) is 0.500. The van der Waals surface area contributed by atoms with Crippen LogP contribution in [-0.2, 0) is 0 Å². The second-order valence-electron chi connectivity index (χ2n) is 4.52. The Hall–Kier alpha value is -1.66. The Balaban J connectivity index is 2.31. The lowest BCUT2D eigenvalue weighted by atomic mass is 9.99. The van der Waals surface area contributed by atoms with Crippen LogP contribution in [0.25, 0.3) is 5.65 Å². The smallest absolute Gasteiger partial charge is 0.243 e. The van der Waals surface area contributed by atoms with Crippen molar-refractivity contribution in [2.45, 2.75) is 25.8 Å². The zero-order chi connectivity index (χ0) is 13.2. The minimum Gasteiger partial charge on any atom is -0.394 e. The van der Waals surface area contributed by atoms with Crippen LogP contribution in [0.1, 0.15) is 18.9 Å². The van der Waals surface area contributed by atoms with E-state index in [-0.39, 0.29) is 13.2 Å². The SMILES string of the molecule is CCC(CO)(CO)Nc1nc2ccc(C)cn2n1. The first-order chi connectivity index (χ1) is 8.62.